The van der Waals surface area contributed by atoms with Gasteiger partial charge in [-0.15, -0.1) is 0 Å². The molecule has 0 bridgehead atoms. The molecule has 0 fully saturated rings. The van der Waals surface area contributed by atoms with Crippen LogP contribution in [0, 0.1) is 0 Å². The quantitative estimate of drug-likeness (QED) is 0.426. The van der Waals surface area contributed by atoms with E-state index in [-0.39, 0.29) is 0 Å². The summed E-state index contributed by atoms with van der Waals surface area (Å²) in [6, 6.07) is 0. The molecule has 0 saturated heterocycles. The number of hydrogen-bond donors (Lipinski definition) is 0. The van der Waals surface area contributed by atoms with Gasteiger partial charge in [0.2, 0.25) is 0 Å². The normalized spacial score (nSPS) is 13.7. The van der Waals surface area contributed by atoms with Gasteiger partial charge in [-0.1, -0.05) is 0 Å². The van der Waals surface area contributed by atoms with Gasteiger partial charge in [0.15, 0.2) is 0 Å². The van der Waals surface area contributed by atoms with Crippen LogP contribution in [0.3, 0.4) is 0 Å². The summed E-state index contributed by atoms with van der Waals surface area (Å²) in [4.78, 5) is 0. The average Bonchev–Trinajstić information content (AvgIpc) is 2.12. The zero-order valence-electron chi connectivity index (χ0n) is 10.3. The zero-order chi connectivity index (χ0) is 10.3. The van der Waals surface area contributed by atoms with Crippen LogP contribution in [0.5, 0.6) is 0 Å². The van der Waals surface area contributed by atoms with E-state index in [9.17, 15) is 0 Å². The third-order valence-electron chi connectivity index (χ3n) is 3.80. The molecule has 0 aliphatic heterocycles. The van der Waals surface area contributed by atoms with Crippen molar-refractivity contribution >= 4 is 7.26 Å². The van der Waals surface area contributed by atoms with Crippen LogP contribution in [0.25, 0.3) is 0 Å². The van der Waals surface area contributed by atoms with E-state index in [1.54, 1.807) is 6.16 Å². The van der Waals surface area contributed by atoms with Crippen molar-refractivity contribution in [2.45, 2.75) is 59.0 Å². The molecule has 0 spiro atoms. The first-order valence-electron chi connectivity index (χ1n) is 6.06. The second kappa shape index (κ2) is 6.82. The molecule has 0 heterocycles. The molecule has 0 nitrogen and oxygen atoms in total. The van der Waals surface area contributed by atoms with Crippen molar-refractivity contribution in [2.24, 2.45) is 0 Å². The fourth-order valence-corrected chi connectivity index (χ4v) is 4.63. The van der Waals surface area contributed by atoms with Gasteiger partial charge in [0.05, 0.1) is 0 Å². The molecule has 0 radical (unpaired) electrons. The molecule has 0 aromatic rings. The van der Waals surface area contributed by atoms with Crippen LogP contribution < -0.4 is 0 Å². The Hall–Kier alpha value is 0.430. The predicted octanol–water partition coefficient (Wildman–Crippen LogP) is 4.37. The van der Waals surface area contributed by atoms with Crippen LogP contribution >= 0.6 is 7.26 Å². The van der Waals surface area contributed by atoms with Crippen molar-refractivity contribution in [1.29, 1.82) is 0 Å². The standard InChI is InChI=1S/C12H29P/c1-6-8-9-10-11-13(5,7-2)12(3)4/h12-13H,6-11H2,1-5H3. The molecule has 13 heavy (non-hydrogen) atoms. The minimum absolute atomic E-state index is 0.851. The van der Waals surface area contributed by atoms with E-state index in [1.165, 1.54) is 31.8 Å². The van der Waals surface area contributed by atoms with Crippen LogP contribution in [-0.4, -0.2) is 24.6 Å². The van der Waals surface area contributed by atoms with E-state index in [1.807, 2.05) is 0 Å². The van der Waals surface area contributed by atoms with Crippen molar-refractivity contribution in [3.05, 3.63) is 0 Å². The van der Waals surface area contributed by atoms with Gasteiger partial charge in [-0.3, -0.25) is 0 Å². The Balaban J connectivity index is 3.71. The molecule has 82 valence electrons. The van der Waals surface area contributed by atoms with Gasteiger partial charge in [-0.25, -0.2) is 0 Å². The Kier molecular flexibility index (Phi) is 7.05. The second-order valence-corrected chi connectivity index (χ2v) is 10.6. The molecule has 1 heteroatoms. The molecule has 0 saturated carbocycles. The summed E-state index contributed by atoms with van der Waals surface area (Å²) < 4.78 is 0. The van der Waals surface area contributed by atoms with E-state index in [0.717, 1.165) is 5.66 Å². The third kappa shape index (κ3) is 5.01. The number of rotatable bonds is 7. The van der Waals surface area contributed by atoms with Gasteiger partial charge in [0.1, 0.15) is 0 Å². The average molecular weight is 204 g/mol. The van der Waals surface area contributed by atoms with Crippen molar-refractivity contribution in [2.75, 3.05) is 19.0 Å². The molecular weight excluding hydrogens is 175 g/mol. The van der Waals surface area contributed by atoms with E-state index in [4.69, 9.17) is 0 Å². The van der Waals surface area contributed by atoms with E-state index in [0.29, 0.717) is 0 Å². The molecule has 0 rings (SSSR count). The van der Waals surface area contributed by atoms with Gasteiger partial charge < -0.3 is 0 Å². The van der Waals surface area contributed by atoms with Gasteiger partial charge in [0.25, 0.3) is 0 Å². The fourth-order valence-electron chi connectivity index (χ4n) is 1.83. The van der Waals surface area contributed by atoms with Crippen molar-refractivity contribution in [3.8, 4) is 0 Å². The van der Waals surface area contributed by atoms with E-state index in [2.05, 4.69) is 34.4 Å². The first-order chi connectivity index (χ1) is 6.06. The SMILES string of the molecule is CCCCCC[PH](C)(CC)C(C)C. The Morgan fingerprint density at radius 2 is 1.62 bits per heavy atom. The van der Waals surface area contributed by atoms with Crippen LogP contribution in [0.1, 0.15) is 53.4 Å². The third-order valence-corrected chi connectivity index (χ3v) is 9.70. The topological polar surface area (TPSA) is 0 Å². The summed E-state index contributed by atoms with van der Waals surface area (Å²) >= 11 is 0. The van der Waals surface area contributed by atoms with Crippen LogP contribution in [-0.2, 0) is 0 Å². The van der Waals surface area contributed by atoms with Gasteiger partial charge in [-0.2, -0.15) is 0 Å². The Labute approximate surface area is 85.8 Å². The van der Waals surface area contributed by atoms with Crippen LogP contribution in [0.4, 0.5) is 0 Å². The predicted molar refractivity (Wildman–Crippen MR) is 68.9 cm³/mol. The first-order valence-corrected chi connectivity index (χ1v) is 9.06. The fraction of sp³-hybridized carbons (Fsp3) is 1.00. The van der Waals surface area contributed by atoms with Crippen LogP contribution in [0.15, 0.2) is 0 Å². The summed E-state index contributed by atoms with van der Waals surface area (Å²) in [7, 11) is -0.851. The van der Waals surface area contributed by atoms with Gasteiger partial charge in [0, 0.05) is 0 Å². The van der Waals surface area contributed by atoms with E-state index >= 15 is 0 Å². The maximum absolute atomic E-state index is 2.59. The molecule has 0 amide bonds. The van der Waals surface area contributed by atoms with Crippen molar-refractivity contribution in [3.63, 3.8) is 0 Å². The summed E-state index contributed by atoms with van der Waals surface area (Å²) in [6.45, 7) is 12.1. The van der Waals surface area contributed by atoms with Crippen LogP contribution in [0.2, 0.25) is 0 Å². The second-order valence-electron chi connectivity index (χ2n) is 4.97. The molecule has 0 aromatic carbocycles. The zero-order valence-corrected chi connectivity index (χ0v) is 11.3. The summed E-state index contributed by atoms with van der Waals surface area (Å²) in [5, 5.41) is 0. The summed E-state index contributed by atoms with van der Waals surface area (Å²) in [5.74, 6) is 0. The maximum atomic E-state index is 2.59. The Morgan fingerprint density at radius 1 is 1.00 bits per heavy atom. The molecule has 0 aliphatic rings. The van der Waals surface area contributed by atoms with Gasteiger partial charge in [-0.05, 0) is 0 Å². The van der Waals surface area contributed by atoms with Crippen molar-refractivity contribution in [1.82, 2.24) is 0 Å². The molecule has 0 aliphatic carbocycles. The first kappa shape index (κ1) is 13.4. The molecule has 0 aromatic heterocycles. The molecule has 0 unspecified atom stereocenters. The molecule has 0 atom stereocenters. The number of hydrogen-bond acceptors (Lipinski definition) is 0. The summed E-state index contributed by atoms with van der Waals surface area (Å²) in [6.07, 6.45) is 8.78. The molecule has 0 N–H and O–H groups in total. The number of unbranched alkanes of at least 4 members (excludes halogenated alkanes) is 3. The van der Waals surface area contributed by atoms with Crippen molar-refractivity contribution < 1.29 is 0 Å². The Bertz CT molecular complexity index is 120. The Morgan fingerprint density at radius 3 is 2.00 bits per heavy atom. The minimum atomic E-state index is -0.851. The summed E-state index contributed by atoms with van der Waals surface area (Å²) in [5.41, 5.74) is 0.971. The molecular formula is C12H29P. The van der Waals surface area contributed by atoms with E-state index < -0.39 is 7.26 Å². The van der Waals surface area contributed by atoms with Gasteiger partial charge >= 0.3 is 85.3 Å². The monoisotopic (exact) mass is 204 g/mol.